The molecule has 0 fully saturated rings. The normalized spacial score (nSPS) is 10.1. The zero-order chi connectivity index (χ0) is 12.3. The van der Waals surface area contributed by atoms with Crippen molar-refractivity contribution in [3.63, 3.8) is 0 Å². The number of hydrogen-bond acceptors (Lipinski definition) is 5. The average Bonchev–Trinajstić information content (AvgIpc) is 2.77. The Labute approximate surface area is 101 Å². The summed E-state index contributed by atoms with van der Waals surface area (Å²) in [7, 11) is 0. The van der Waals surface area contributed by atoms with E-state index in [0.717, 1.165) is 11.3 Å². The molecule has 0 spiro atoms. The lowest BCUT2D eigenvalue weighted by molar-refractivity contribution is 0.0696. The molecule has 6 heteroatoms. The van der Waals surface area contributed by atoms with Gasteiger partial charge in [0.1, 0.15) is 18.1 Å². The first-order valence-electron chi connectivity index (χ1n) is 4.74. The number of carboxylic acid groups (broad SMARTS) is 1. The monoisotopic (exact) mass is 251 g/mol. The van der Waals surface area contributed by atoms with Crippen LogP contribution in [0.3, 0.4) is 0 Å². The molecule has 0 aliphatic carbocycles. The smallest absolute Gasteiger partial charge is 0.365 e. The Kier molecular flexibility index (Phi) is 3.24. The minimum absolute atomic E-state index is 0.0503. The van der Waals surface area contributed by atoms with E-state index in [-0.39, 0.29) is 17.4 Å². The highest BCUT2D eigenvalue weighted by Gasteiger charge is 2.08. The van der Waals surface area contributed by atoms with Crippen molar-refractivity contribution in [2.75, 3.05) is 0 Å². The SMILES string of the molecule is O=C(O)c1nc(COc2ccc(O)cc2)cs1. The maximum Gasteiger partial charge on any atom is 0.365 e. The van der Waals surface area contributed by atoms with Crippen molar-refractivity contribution in [1.82, 2.24) is 4.98 Å². The Morgan fingerprint density at radius 3 is 2.65 bits per heavy atom. The highest BCUT2D eigenvalue weighted by atomic mass is 32.1. The van der Waals surface area contributed by atoms with Crippen molar-refractivity contribution in [2.45, 2.75) is 6.61 Å². The third kappa shape index (κ3) is 2.94. The van der Waals surface area contributed by atoms with Gasteiger partial charge >= 0.3 is 5.97 Å². The highest BCUT2D eigenvalue weighted by Crippen LogP contribution is 2.18. The highest BCUT2D eigenvalue weighted by molar-refractivity contribution is 7.11. The molecule has 0 aliphatic heterocycles. The van der Waals surface area contributed by atoms with Crippen molar-refractivity contribution in [3.05, 3.63) is 40.3 Å². The molecule has 2 aromatic rings. The number of rotatable bonds is 4. The van der Waals surface area contributed by atoms with Crippen molar-refractivity contribution >= 4 is 17.3 Å². The van der Waals surface area contributed by atoms with Gasteiger partial charge in [-0.15, -0.1) is 11.3 Å². The maximum atomic E-state index is 10.6. The van der Waals surface area contributed by atoms with Crippen LogP contribution in [0.5, 0.6) is 11.5 Å². The number of aromatic carboxylic acids is 1. The van der Waals surface area contributed by atoms with E-state index < -0.39 is 5.97 Å². The molecule has 17 heavy (non-hydrogen) atoms. The number of hydrogen-bond donors (Lipinski definition) is 2. The molecule has 1 aromatic heterocycles. The molecule has 0 saturated heterocycles. The van der Waals surface area contributed by atoms with Gasteiger partial charge in [0.25, 0.3) is 0 Å². The quantitative estimate of drug-likeness (QED) is 0.870. The molecular formula is C11H9NO4S. The van der Waals surface area contributed by atoms with Crippen LogP contribution in [0.15, 0.2) is 29.6 Å². The van der Waals surface area contributed by atoms with Crippen LogP contribution >= 0.6 is 11.3 Å². The summed E-state index contributed by atoms with van der Waals surface area (Å²) < 4.78 is 5.38. The molecule has 2 rings (SSSR count). The van der Waals surface area contributed by atoms with Crippen LogP contribution in [0.2, 0.25) is 0 Å². The fourth-order valence-electron chi connectivity index (χ4n) is 1.17. The Balaban J connectivity index is 1.97. The summed E-state index contributed by atoms with van der Waals surface area (Å²) in [4.78, 5) is 14.5. The van der Waals surface area contributed by atoms with Crippen molar-refractivity contribution in [1.29, 1.82) is 0 Å². The van der Waals surface area contributed by atoms with Gasteiger partial charge in [0.2, 0.25) is 5.01 Å². The second kappa shape index (κ2) is 4.84. The number of aromatic nitrogens is 1. The topological polar surface area (TPSA) is 79.7 Å². The number of phenols is 1. The minimum atomic E-state index is -1.04. The zero-order valence-electron chi connectivity index (χ0n) is 8.66. The summed E-state index contributed by atoms with van der Waals surface area (Å²) >= 11 is 1.06. The first kappa shape index (κ1) is 11.4. The third-order valence-electron chi connectivity index (χ3n) is 1.96. The van der Waals surface area contributed by atoms with E-state index in [1.165, 1.54) is 12.1 Å². The molecular weight excluding hydrogens is 242 g/mol. The predicted octanol–water partition coefficient (Wildman–Crippen LogP) is 2.13. The summed E-state index contributed by atoms with van der Waals surface area (Å²) in [5, 5.41) is 19.5. The van der Waals surface area contributed by atoms with Crippen LogP contribution in [-0.4, -0.2) is 21.2 Å². The van der Waals surface area contributed by atoms with Gasteiger partial charge in [0.15, 0.2) is 0 Å². The molecule has 5 nitrogen and oxygen atoms in total. The number of thiazole rings is 1. The summed E-state index contributed by atoms with van der Waals surface area (Å²) in [6.07, 6.45) is 0. The second-order valence-corrected chi connectivity index (χ2v) is 4.09. The number of carboxylic acids is 1. The average molecular weight is 251 g/mol. The predicted molar refractivity (Wildman–Crippen MR) is 61.5 cm³/mol. The van der Waals surface area contributed by atoms with Crippen molar-refractivity contribution in [3.8, 4) is 11.5 Å². The lowest BCUT2D eigenvalue weighted by Gasteiger charge is -2.03. The lowest BCUT2D eigenvalue weighted by Crippen LogP contribution is -1.98. The van der Waals surface area contributed by atoms with E-state index in [1.54, 1.807) is 17.5 Å². The van der Waals surface area contributed by atoms with Crippen molar-refractivity contribution < 1.29 is 19.7 Å². The molecule has 88 valence electrons. The van der Waals surface area contributed by atoms with E-state index in [0.29, 0.717) is 11.4 Å². The second-order valence-electron chi connectivity index (χ2n) is 3.23. The van der Waals surface area contributed by atoms with E-state index in [2.05, 4.69) is 4.98 Å². The number of aromatic hydroxyl groups is 1. The first-order chi connectivity index (χ1) is 8.15. The molecule has 1 heterocycles. The van der Waals surface area contributed by atoms with Crippen LogP contribution in [0.25, 0.3) is 0 Å². The molecule has 0 saturated carbocycles. The molecule has 2 N–H and O–H groups in total. The van der Waals surface area contributed by atoms with E-state index in [1.807, 2.05) is 0 Å². The Bertz CT molecular complexity index is 521. The van der Waals surface area contributed by atoms with Gasteiger partial charge < -0.3 is 14.9 Å². The standard InChI is InChI=1S/C11H9NO4S/c13-8-1-3-9(4-2-8)16-5-7-6-17-10(12-7)11(14)15/h1-4,6,13H,5H2,(H,14,15). The summed E-state index contributed by atoms with van der Waals surface area (Å²) in [5.41, 5.74) is 0.570. The van der Waals surface area contributed by atoms with Gasteiger partial charge in [-0.2, -0.15) is 0 Å². The molecule has 0 amide bonds. The zero-order valence-corrected chi connectivity index (χ0v) is 9.48. The molecule has 0 unspecified atom stereocenters. The largest absolute Gasteiger partial charge is 0.508 e. The van der Waals surface area contributed by atoms with Crippen LogP contribution in [-0.2, 0) is 6.61 Å². The van der Waals surface area contributed by atoms with Crippen molar-refractivity contribution in [2.24, 2.45) is 0 Å². The number of benzene rings is 1. The summed E-state index contributed by atoms with van der Waals surface area (Å²) in [6.45, 7) is 0.203. The van der Waals surface area contributed by atoms with E-state index >= 15 is 0 Å². The van der Waals surface area contributed by atoms with Gasteiger partial charge in [-0.3, -0.25) is 0 Å². The molecule has 0 aliphatic rings. The van der Waals surface area contributed by atoms with Crippen LogP contribution < -0.4 is 4.74 Å². The minimum Gasteiger partial charge on any atom is -0.508 e. The molecule has 0 bridgehead atoms. The number of ether oxygens (including phenoxy) is 1. The molecule has 0 atom stereocenters. The number of carbonyl (C=O) groups is 1. The first-order valence-corrected chi connectivity index (χ1v) is 5.62. The molecule has 1 aromatic carbocycles. The maximum absolute atomic E-state index is 10.6. The van der Waals surface area contributed by atoms with Gasteiger partial charge in [0, 0.05) is 5.38 Å². The molecule has 0 radical (unpaired) electrons. The van der Waals surface area contributed by atoms with Gasteiger partial charge in [-0.1, -0.05) is 0 Å². The summed E-state index contributed by atoms with van der Waals surface area (Å²) in [6, 6.07) is 6.28. The number of nitrogens with zero attached hydrogens (tertiary/aromatic N) is 1. The van der Waals surface area contributed by atoms with Gasteiger partial charge in [-0.05, 0) is 24.3 Å². The Hall–Kier alpha value is -2.08. The van der Waals surface area contributed by atoms with E-state index in [4.69, 9.17) is 14.9 Å². The van der Waals surface area contributed by atoms with Crippen LogP contribution in [0, 0.1) is 0 Å². The van der Waals surface area contributed by atoms with E-state index in [9.17, 15) is 4.79 Å². The summed E-state index contributed by atoms with van der Waals surface area (Å²) in [5.74, 6) is -0.280. The van der Waals surface area contributed by atoms with Crippen LogP contribution in [0.1, 0.15) is 15.5 Å². The fourth-order valence-corrected chi connectivity index (χ4v) is 1.81. The third-order valence-corrected chi connectivity index (χ3v) is 2.84. The van der Waals surface area contributed by atoms with Gasteiger partial charge in [0.05, 0.1) is 5.69 Å². The Morgan fingerprint density at radius 2 is 2.06 bits per heavy atom. The van der Waals surface area contributed by atoms with Gasteiger partial charge in [-0.25, -0.2) is 9.78 Å². The van der Waals surface area contributed by atoms with Crippen LogP contribution in [0.4, 0.5) is 0 Å². The Morgan fingerprint density at radius 1 is 1.35 bits per heavy atom. The number of phenolic OH excluding ortho intramolecular Hbond substituents is 1. The lowest BCUT2D eigenvalue weighted by atomic mass is 10.3. The fraction of sp³-hybridized carbons (Fsp3) is 0.0909.